The molecular weight excluding hydrogens is 381 g/mol. The second-order valence-electron chi connectivity index (χ2n) is 7.02. The molecule has 0 radical (unpaired) electrons. The normalized spacial score (nSPS) is 19.0. The number of benzene rings is 2. The lowest BCUT2D eigenvalue weighted by atomic mass is 9.87. The monoisotopic (exact) mass is 401 g/mol. The molecule has 1 heterocycles. The van der Waals surface area contributed by atoms with Crippen LogP contribution in [0.1, 0.15) is 32.1 Å². The van der Waals surface area contributed by atoms with Crippen LogP contribution in [0.15, 0.2) is 52.4 Å². The highest BCUT2D eigenvalue weighted by atomic mass is 35.5. The van der Waals surface area contributed by atoms with Crippen molar-refractivity contribution in [1.82, 2.24) is 0 Å². The van der Waals surface area contributed by atoms with Crippen LogP contribution in [0, 0.1) is 0 Å². The molecule has 1 saturated carbocycles. The highest BCUT2D eigenvalue weighted by Gasteiger charge is 2.42. The van der Waals surface area contributed by atoms with E-state index in [4.69, 9.17) is 39.7 Å². The van der Waals surface area contributed by atoms with Gasteiger partial charge in [-0.1, -0.05) is 41.8 Å². The molecule has 0 aromatic heterocycles. The third kappa shape index (κ3) is 3.49. The van der Waals surface area contributed by atoms with Crippen LogP contribution in [0.25, 0.3) is 11.1 Å². The van der Waals surface area contributed by atoms with E-state index in [0.717, 1.165) is 42.5 Å². The van der Waals surface area contributed by atoms with Gasteiger partial charge in [0.1, 0.15) is 5.66 Å². The van der Waals surface area contributed by atoms with Crippen molar-refractivity contribution in [3.05, 3.63) is 52.5 Å². The van der Waals surface area contributed by atoms with Gasteiger partial charge in [0.25, 0.3) is 0 Å². The largest absolute Gasteiger partial charge is 0.369 e. The first-order valence-electron chi connectivity index (χ1n) is 9.03. The van der Waals surface area contributed by atoms with Gasteiger partial charge in [0.05, 0.1) is 0 Å². The van der Waals surface area contributed by atoms with Gasteiger partial charge in [0, 0.05) is 15.7 Å². The smallest absolute Gasteiger partial charge is 0.220 e. The molecule has 7 heteroatoms. The molecule has 0 bridgehead atoms. The quantitative estimate of drug-likeness (QED) is 0.759. The topological polar surface area (TPSA) is 80.0 Å². The molecule has 5 nitrogen and oxygen atoms in total. The molecule has 0 unspecified atom stereocenters. The Kier molecular flexibility index (Phi) is 4.74. The molecule has 1 fully saturated rings. The van der Waals surface area contributed by atoms with Crippen LogP contribution in [-0.2, 0) is 0 Å². The van der Waals surface area contributed by atoms with E-state index in [-0.39, 0.29) is 5.96 Å². The number of anilines is 1. The van der Waals surface area contributed by atoms with Gasteiger partial charge < -0.3 is 11.5 Å². The molecule has 1 aliphatic heterocycles. The number of nitrogens with zero attached hydrogens (tertiary/aromatic N) is 3. The molecule has 0 saturated heterocycles. The summed E-state index contributed by atoms with van der Waals surface area (Å²) in [5.41, 5.74) is 14.7. The highest BCUT2D eigenvalue weighted by molar-refractivity contribution is 6.35. The summed E-state index contributed by atoms with van der Waals surface area (Å²) in [4.78, 5) is 10.9. The molecule has 2 aromatic rings. The number of rotatable bonds is 2. The summed E-state index contributed by atoms with van der Waals surface area (Å²) in [7, 11) is 0. The maximum Gasteiger partial charge on any atom is 0.220 e. The number of hydrogen-bond donors (Lipinski definition) is 2. The Labute approximate surface area is 168 Å². The Morgan fingerprint density at radius 2 is 1.48 bits per heavy atom. The van der Waals surface area contributed by atoms with Gasteiger partial charge >= 0.3 is 0 Å². The average molecular weight is 402 g/mol. The predicted molar refractivity (Wildman–Crippen MR) is 113 cm³/mol. The Balaban J connectivity index is 1.71. The van der Waals surface area contributed by atoms with Gasteiger partial charge in [-0.05, 0) is 67.1 Å². The van der Waals surface area contributed by atoms with Crippen LogP contribution >= 0.6 is 23.2 Å². The fourth-order valence-electron chi connectivity index (χ4n) is 4.02. The molecule has 4 N–H and O–H groups in total. The minimum absolute atomic E-state index is 0.260. The lowest BCUT2D eigenvalue weighted by molar-refractivity contribution is 0.305. The first-order chi connectivity index (χ1) is 13.0. The third-order valence-corrected chi connectivity index (χ3v) is 5.61. The van der Waals surface area contributed by atoms with Crippen molar-refractivity contribution >= 4 is 40.8 Å². The Hall–Kier alpha value is -2.24. The van der Waals surface area contributed by atoms with E-state index in [1.807, 2.05) is 41.3 Å². The minimum Gasteiger partial charge on any atom is -0.369 e. The van der Waals surface area contributed by atoms with Crippen molar-refractivity contribution in [2.24, 2.45) is 21.5 Å². The zero-order valence-electron chi connectivity index (χ0n) is 14.8. The molecule has 2 aromatic carbocycles. The second-order valence-corrected chi connectivity index (χ2v) is 7.90. The van der Waals surface area contributed by atoms with E-state index in [9.17, 15) is 0 Å². The van der Waals surface area contributed by atoms with Crippen molar-refractivity contribution < 1.29 is 0 Å². The first kappa shape index (κ1) is 18.1. The Bertz CT molecular complexity index is 894. The Morgan fingerprint density at radius 1 is 0.852 bits per heavy atom. The minimum atomic E-state index is -0.435. The van der Waals surface area contributed by atoms with E-state index < -0.39 is 5.66 Å². The third-order valence-electron chi connectivity index (χ3n) is 5.17. The predicted octanol–water partition coefficient (Wildman–Crippen LogP) is 4.77. The van der Waals surface area contributed by atoms with Crippen LogP contribution < -0.4 is 16.4 Å². The Morgan fingerprint density at radius 3 is 2.11 bits per heavy atom. The standard InChI is InChI=1S/C20H21Cl2N5/c21-15-10-14(11-16(22)12-15)13-4-6-17(7-5-13)27-19(24)25-18(23)26-20(27)8-2-1-3-9-20/h4-7,10-12H,1-3,8-9H2,(H4,23,24,25,26). The van der Waals surface area contributed by atoms with Crippen LogP contribution in [0.4, 0.5) is 5.69 Å². The van der Waals surface area contributed by atoms with Crippen molar-refractivity contribution in [3.63, 3.8) is 0 Å². The van der Waals surface area contributed by atoms with Gasteiger partial charge in [-0.15, -0.1) is 0 Å². The molecule has 0 amide bonds. The van der Waals surface area contributed by atoms with E-state index in [0.29, 0.717) is 16.0 Å². The zero-order valence-corrected chi connectivity index (χ0v) is 16.3. The number of nitrogens with two attached hydrogens (primary N) is 2. The van der Waals surface area contributed by atoms with Crippen molar-refractivity contribution in [3.8, 4) is 11.1 Å². The average Bonchev–Trinajstić information content (AvgIpc) is 2.61. The van der Waals surface area contributed by atoms with Crippen molar-refractivity contribution in [1.29, 1.82) is 0 Å². The van der Waals surface area contributed by atoms with Crippen LogP contribution in [0.5, 0.6) is 0 Å². The van der Waals surface area contributed by atoms with Crippen molar-refractivity contribution in [2.45, 2.75) is 37.8 Å². The maximum atomic E-state index is 6.28. The summed E-state index contributed by atoms with van der Waals surface area (Å²) in [6.45, 7) is 0. The summed E-state index contributed by atoms with van der Waals surface area (Å²) in [5, 5.41) is 1.22. The molecule has 27 heavy (non-hydrogen) atoms. The summed E-state index contributed by atoms with van der Waals surface area (Å²) >= 11 is 12.3. The van der Waals surface area contributed by atoms with E-state index in [2.05, 4.69) is 4.99 Å². The van der Waals surface area contributed by atoms with Gasteiger partial charge in [0.15, 0.2) is 0 Å². The first-order valence-corrected chi connectivity index (χ1v) is 9.79. The SMILES string of the molecule is NC1=NC2(CCCCC2)N(c2ccc(-c3cc(Cl)cc(Cl)c3)cc2)C(N)=N1. The van der Waals surface area contributed by atoms with Gasteiger partial charge in [-0.2, -0.15) is 4.99 Å². The molecule has 1 spiro atoms. The molecule has 1 aliphatic carbocycles. The number of guanidine groups is 2. The van der Waals surface area contributed by atoms with Gasteiger partial charge in [-0.3, -0.25) is 4.90 Å². The fraction of sp³-hybridized carbons (Fsp3) is 0.300. The van der Waals surface area contributed by atoms with Gasteiger partial charge in [0.2, 0.25) is 11.9 Å². The van der Waals surface area contributed by atoms with Crippen LogP contribution in [-0.4, -0.2) is 17.6 Å². The number of aliphatic imine (C=N–C) groups is 2. The highest BCUT2D eigenvalue weighted by Crippen LogP contribution is 2.40. The molecule has 4 rings (SSSR count). The summed E-state index contributed by atoms with van der Waals surface area (Å²) in [6.07, 6.45) is 5.22. The number of halogens is 2. The lowest BCUT2D eigenvalue weighted by Crippen LogP contribution is -2.58. The van der Waals surface area contributed by atoms with Crippen LogP contribution in [0.2, 0.25) is 10.0 Å². The molecular formula is C20H21Cl2N5. The maximum absolute atomic E-state index is 6.28. The summed E-state index contributed by atoms with van der Waals surface area (Å²) in [5.74, 6) is 0.652. The summed E-state index contributed by atoms with van der Waals surface area (Å²) < 4.78 is 0. The van der Waals surface area contributed by atoms with E-state index >= 15 is 0 Å². The van der Waals surface area contributed by atoms with E-state index in [1.165, 1.54) is 6.42 Å². The molecule has 140 valence electrons. The lowest BCUT2D eigenvalue weighted by Gasteiger charge is -2.45. The molecule has 0 atom stereocenters. The second kappa shape index (κ2) is 7.06. The van der Waals surface area contributed by atoms with Crippen LogP contribution in [0.3, 0.4) is 0 Å². The molecule has 2 aliphatic rings. The fourth-order valence-corrected chi connectivity index (χ4v) is 4.54. The van der Waals surface area contributed by atoms with Gasteiger partial charge in [-0.25, -0.2) is 4.99 Å². The zero-order chi connectivity index (χ0) is 19.0. The van der Waals surface area contributed by atoms with Crippen molar-refractivity contribution in [2.75, 3.05) is 4.90 Å². The summed E-state index contributed by atoms with van der Waals surface area (Å²) in [6, 6.07) is 13.6. The van der Waals surface area contributed by atoms with E-state index in [1.54, 1.807) is 6.07 Å². The number of hydrogen-bond acceptors (Lipinski definition) is 5.